The summed E-state index contributed by atoms with van der Waals surface area (Å²) in [5.74, 6) is -0.0764. The van der Waals surface area contributed by atoms with Crippen LogP contribution in [0.25, 0.3) is 0 Å². The normalized spacial score (nSPS) is 11.3. The van der Waals surface area contributed by atoms with Crippen LogP contribution in [0.1, 0.15) is 23.1 Å². The molecule has 0 radical (unpaired) electrons. The molecule has 0 saturated carbocycles. The first kappa shape index (κ1) is 17.2. The van der Waals surface area contributed by atoms with Gasteiger partial charge in [0.2, 0.25) is 15.9 Å². The van der Waals surface area contributed by atoms with Crippen LogP contribution in [0.4, 0.5) is 5.69 Å². The molecule has 0 spiro atoms. The van der Waals surface area contributed by atoms with E-state index in [-0.39, 0.29) is 10.8 Å². The van der Waals surface area contributed by atoms with Crippen LogP contribution in [0, 0.1) is 13.8 Å². The number of nitrogens with two attached hydrogens (primary N) is 1. The van der Waals surface area contributed by atoms with Crippen LogP contribution in [-0.4, -0.2) is 14.3 Å². The van der Waals surface area contributed by atoms with Crippen LogP contribution in [0.5, 0.6) is 0 Å². The first-order valence-electron chi connectivity index (χ1n) is 7.24. The predicted octanol–water partition coefficient (Wildman–Crippen LogP) is 2.52. The average Bonchev–Trinajstić information content (AvgIpc) is 2.47. The van der Waals surface area contributed by atoms with Gasteiger partial charge >= 0.3 is 0 Å². The maximum absolute atomic E-state index is 12.0. The number of anilines is 1. The van der Waals surface area contributed by atoms with Gasteiger partial charge in [-0.2, -0.15) is 0 Å². The van der Waals surface area contributed by atoms with Crippen LogP contribution in [-0.2, 0) is 21.2 Å². The van der Waals surface area contributed by atoms with Crippen molar-refractivity contribution in [2.75, 3.05) is 5.32 Å². The Labute approximate surface area is 136 Å². The van der Waals surface area contributed by atoms with Gasteiger partial charge < -0.3 is 5.32 Å². The second kappa shape index (κ2) is 6.93. The van der Waals surface area contributed by atoms with E-state index < -0.39 is 10.0 Å². The van der Waals surface area contributed by atoms with E-state index in [1.807, 2.05) is 32.0 Å². The van der Waals surface area contributed by atoms with Crippen molar-refractivity contribution in [3.8, 4) is 0 Å². The van der Waals surface area contributed by atoms with Gasteiger partial charge in [0.15, 0.2) is 0 Å². The second-order valence-electron chi connectivity index (χ2n) is 5.56. The number of amides is 1. The fourth-order valence-corrected chi connectivity index (χ4v) is 2.79. The summed E-state index contributed by atoms with van der Waals surface area (Å²) in [6.45, 7) is 3.96. The molecule has 0 heterocycles. The van der Waals surface area contributed by atoms with Gasteiger partial charge in [-0.3, -0.25) is 4.79 Å². The summed E-state index contributed by atoms with van der Waals surface area (Å²) in [5, 5.41) is 7.94. The van der Waals surface area contributed by atoms with Crippen molar-refractivity contribution < 1.29 is 13.2 Å². The number of rotatable bonds is 5. The molecule has 1 amide bonds. The van der Waals surface area contributed by atoms with E-state index in [9.17, 15) is 13.2 Å². The molecule has 122 valence electrons. The molecular weight excluding hydrogens is 312 g/mol. The van der Waals surface area contributed by atoms with Gasteiger partial charge in [0.1, 0.15) is 0 Å². The number of hydrogen-bond acceptors (Lipinski definition) is 3. The summed E-state index contributed by atoms with van der Waals surface area (Å²) in [6.07, 6.45) is 0.851. The van der Waals surface area contributed by atoms with Gasteiger partial charge in [0.25, 0.3) is 0 Å². The molecule has 0 atom stereocenters. The zero-order valence-electron chi connectivity index (χ0n) is 13.2. The topological polar surface area (TPSA) is 89.3 Å². The number of primary sulfonamides is 1. The minimum absolute atomic E-state index is 0.0704. The lowest BCUT2D eigenvalue weighted by molar-refractivity contribution is -0.116. The van der Waals surface area contributed by atoms with E-state index in [0.29, 0.717) is 12.8 Å². The van der Waals surface area contributed by atoms with E-state index in [4.69, 9.17) is 5.14 Å². The summed E-state index contributed by atoms with van der Waals surface area (Å²) in [6, 6.07) is 12.1. The molecule has 0 aliphatic rings. The van der Waals surface area contributed by atoms with E-state index in [1.54, 1.807) is 12.1 Å². The molecule has 0 aromatic heterocycles. The monoisotopic (exact) mass is 332 g/mol. The lowest BCUT2D eigenvalue weighted by Crippen LogP contribution is -2.14. The molecular formula is C17H20N2O3S. The fraction of sp³-hybridized carbons (Fsp3) is 0.235. The third-order valence-electron chi connectivity index (χ3n) is 3.55. The van der Waals surface area contributed by atoms with E-state index >= 15 is 0 Å². The van der Waals surface area contributed by atoms with Gasteiger partial charge in [-0.05, 0) is 49.6 Å². The molecule has 3 N–H and O–H groups in total. The molecule has 0 aliphatic carbocycles. The first-order chi connectivity index (χ1) is 10.8. The van der Waals surface area contributed by atoms with Gasteiger partial charge in [0.05, 0.1) is 4.90 Å². The summed E-state index contributed by atoms with van der Waals surface area (Å²) in [5.41, 5.74) is 3.87. The second-order valence-corrected chi connectivity index (χ2v) is 7.12. The van der Waals surface area contributed by atoms with Crippen molar-refractivity contribution in [3.05, 3.63) is 59.2 Å². The first-order valence-corrected chi connectivity index (χ1v) is 8.79. The van der Waals surface area contributed by atoms with Crippen molar-refractivity contribution in [1.29, 1.82) is 0 Å². The van der Waals surface area contributed by atoms with Crippen LogP contribution in [0.2, 0.25) is 0 Å². The number of sulfonamides is 1. The number of benzene rings is 2. The largest absolute Gasteiger partial charge is 0.326 e. The number of aryl methyl sites for hydroxylation is 3. The third kappa shape index (κ3) is 4.91. The molecule has 0 unspecified atom stereocenters. The Balaban J connectivity index is 1.94. The molecule has 2 rings (SSSR count). The zero-order valence-corrected chi connectivity index (χ0v) is 14.0. The molecule has 23 heavy (non-hydrogen) atoms. The summed E-state index contributed by atoms with van der Waals surface area (Å²) in [4.78, 5) is 12.1. The lowest BCUT2D eigenvalue weighted by Gasteiger charge is -2.09. The number of nitrogens with one attached hydrogen (secondary N) is 1. The lowest BCUT2D eigenvalue weighted by atomic mass is 10.1. The SMILES string of the molecule is Cc1ccc(NC(=O)CCc2ccc(S(N)(=O)=O)cc2)c(C)c1. The molecule has 0 aliphatic heterocycles. The Bertz CT molecular complexity index is 812. The zero-order chi connectivity index (χ0) is 17.0. The van der Waals surface area contributed by atoms with E-state index in [2.05, 4.69) is 5.32 Å². The predicted molar refractivity (Wildman–Crippen MR) is 90.7 cm³/mol. The number of carbonyl (C=O) groups excluding carboxylic acids is 1. The van der Waals surface area contributed by atoms with Crippen LogP contribution in [0.15, 0.2) is 47.4 Å². The molecule has 6 heteroatoms. The van der Waals surface area contributed by atoms with E-state index in [0.717, 1.165) is 22.4 Å². The van der Waals surface area contributed by atoms with Crippen molar-refractivity contribution in [2.24, 2.45) is 5.14 Å². The smallest absolute Gasteiger partial charge is 0.238 e. The van der Waals surface area contributed by atoms with Crippen molar-refractivity contribution >= 4 is 21.6 Å². The summed E-state index contributed by atoms with van der Waals surface area (Å²) < 4.78 is 22.4. The minimum Gasteiger partial charge on any atom is -0.326 e. The highest BCUT2D eigenvalue weighted by Gasteiger charge is 2.08. The molecule has 0 bridgehead atoms. The third-order valence-corrected chi connectivity index (χ3v) is 4.48. The Morgan fingerprint density at radius 2 is 1.74 bits per heavy atom. The van der Waals surface area contributed by atoms with Gasteiger partial charge in [-0.25, -0.2) is 13.6 Å². The fourth-order valence-electron chi connectivity index (χ4n) is 2.27. The highest BCUT2D eigenvalue weighted by Crippen LogP contribution is 2.17. The van der Waals surface area contributed by atoms with Crippen LogP contribution >= 0.6 is 0 Å². The Kier molecular flexibility index (Phi) is 5.18. The van der Waals surface area contributed by atoms with Gasteiger partial charge in [-0.1, -0.05) is 29.8 Å². The maximum atomic E-state index is 12.0. The number of hydrogen-bond donors (Lipinski definition) is 2. The quantitative estimate of drug-likeness (QED) is 0.881. The van der Waals surface area contributed by atoms with Crippen molar-refractivity contribution in [3.63, 3.8) is 0 Å². The van der Waals surface area contributed by atoms with E-state index in [1.165, 1.54) is 12.1 Å². The average molecular weight is 332 g/mol. The Morgan fingerprint density at radius 3 is 2.30 bits per heavy atom. The molecule has 2 aromatic carbocycles. The minimum atomic E-state index is -3.68. The highest BCUT2D eigenvalue weighted by molar-refractivity contribution is 7.89. The van der Waals surface area contributed by atoms with Crippen LogP contribution < -0.4 is 10.5 Å². The van der Waals surface area contributed by atoms with Crippen molar-refractivity contribution in [2.45, 2.75) is 31.6 Å². The number of carbonyl (C=O) groups is 1. The van der Waals surface area contributed by atoms with Gasteiger partial charge in [-0.15, -0.1) is 0 Å². The molecule has 5 nitrogen and oxygen atoms in total. The Morgan fingerprint density at radius 1 is 1.09 bits per heavy atom. The summed E-state index contributed by atoms with van der Waals surface area (Å²) >= 11 is 0. The van der Waals surface area contributed by atoms with Gasteiger partial charge in [0, 0.05) is 12.1 Å². The maximum Gasteiger partial charge on any atom is 0.238 e. The van der Waals surface area contributed by atoms with Crippen molar-refractivity contribution in [1.82, 2.24) is 0 Å². The molecule has 0 fully saturated rings. The standard InChI is InChI=1S/C17H20N2O3S/c1-12-3-9-16(13(2)11-12)19-17(20)10-6-14-4-7-15(8-5-14)23(18,21)22/h3-5,7-9,11H,6,10H2,1-2H3,(H,19,20)(H2,18,21,22). The molecule has 0 saturated heterocycles. The summed E-state index contributed by atoms with van der Waals surface area (Å²) in [7, 11) is -3.68. The highest BCUT2D eigenvalue weighted by atomic mass is 32.2. The molecule has 2 aromatic rings. The Hall–Kier alpha value is -2.18. The van der Waals surface area contributed by atoms with Crippen LogP contribution in [0.3, 0.4) is 0 Å².